The summed E-state index contributed by atoms with van der Waals surface area (Å²) in [6, 6.07) is 7.82. The minimum absolute atomic E-state index is 0.0575. The summed E-state index contributed by atoms with van der Waals surface area (Å²) in [5, 5.41) is -0.178. The topological polar surface area (TPSA) is 72.5 Å². The third kappa shape index (κ3) is 5.18. The smallest absolute Gasteiger partial charge is 0.349 e. The highest BCUT2D eigenvalue weighted by Crippen LogP contribution is 2.55. The van der Waals surface area contributed by atoms with Crippen LogP contribution < -0.4 is 4.74 Å². The standard InChI is InChI=1S/C28H44O7Si/c1-18-25(31-16-19-9-11-20(30-8)12-10-19)21(13-14-29)33-23-15-22-24(34-26(18)23)17-32-36(35-22,27(2,3)4)28(5,6)7/h9-12,14,18,21-26H,13,15-17H2,1-8H3/t18-,21+,22-,23+,24-,25-,26+/m1/s1. The first-order chi connectivity index (χ1) is 16.9. The maximum Gasteiger partial charge on any atom is 0.349 e. The molecule has 1 aromatic rings. The molecule has 0 amide bonds. The average Bonchev–Trinajstić information content (AvgIpc) is 2.81. The minimum Gasteiger partial charge on any atom is -0.497 e. The summed E-state index contributed by atoms with van der Waals surface area (Å²) < 4.78 is 38.4. The number of hydrogen-bond donors (Lipinski definition) is 0. The molecule has 0 unspecified atom stereocenters. The molecule has 0 saturated carbocycles. The summed E-state index contributed by atoms with van der Waals surface area (Å²) in [6.45, 7) is 16.5. The Labute approximate surface area is 217 Å². The lowest BCUT2D eigenvalue weighted by Gasteiger charge is -2.58. The maximum atomic E-state index is 11.5. The van der Waals surface area contributed by atoms with Crippen LogP contribution in [0.5, 0.6) is 5.75 Å². The molecule has 0 radical (unpaired) electrons. The van der Waals surface area contributed by atoms with Gasteiger partial charge in [-0.2, -0.15) is 0 Å². The zero-order valence-electron chi connectivity index (χ0n) is 23.1. The lowest BCUT2D eigenvalue weighted by atomic mass is 9.82. The number of rotatable bonds is 6. The number of methoxy groups -OCH3 is 1. The van der Waals surface area contributed by atoms with E-state index in [-0.39, 0.29) is 52.6 Å². The highest BCUT2D eigenvalue weighted by molar-refractivity contribution is 6.73. The number of ether oxygens (including phenoxy) is 4. The van der Waals surface area contributed by atoms with E-state index in [2.05, 4.69) is 48.5 Å². The molecular formula is C28H44O7Si. The Morgan fingerprint density at radius 1 is 1.00 bits per heavy atom. The SMILES string of the molecule is COc1ccc(CO[C@@H]2[C@@H](C)[C@@H]3O[C@@H]4CO[Si](C(C)(C)C)(C(C)(C)C)O[C@@H]4C[C@@H]3O[C@H]2CC=O)cc1. The second kappa shape index (κ2) is 10.5. The molecule has 3 saturated heterocycles. The van der Waals surface area contributed by atoms with E-state index < -0.39 is 8.56 Å². The van der Waals surface area contributed by atoms with Gasteiger partial charge in [-0.25, -0.2) is 0 Å². The molecule has 0 N–H and O–H groups in total. The van der Waals surface area contributed by atoms with Crippen LogP contribution in [0.15, 0.2) is 24.3 Å². The van der Waals surface area contributed by atoms with Crippen LogP contribution in [0.3, 0.4) is 0 Å². The monoisotopic (exact) mass is 520 g/mol. The van der Waals surface area contributed by atoms with Crippen LogP contribution in [0, 0.1) is 5.92 Å². The molecule has 3 fully saturated rings. The summed E-state index contributed by atoms with van der Waals surface area (Å²) in [5.41, 5.74) is 1.04. The maximum absolute atomic E-state index is 11.5. The predicted molar refractivity (Wildman–Crippen MR) is 139 cm³/mol. The van der Waals surface area contributed by atoms with Gasteiger partial charge in [-0.05, 0) is 17.7 Å². The van der Waals surface area contributed by atoms with E-state index >= 15 is 0 Å². The molecule has 3 aliphatic heterocycles. The van der Waals surface area contributed by atoms with Gasteiger partial charge in [-0.3, -0.25) is 0 Å². The van der Waals surface area contributed by atoms with Crippen molar-refractivity contribution in [2.45, 2.75) is 115 Å². The van der Waals surface area contributed by atoms with Crippen LogP contribution in [0.1, 0.15) is 66.9 Å². The molecule has 36 heavy (non-hydrogen) atoms. The van der Waals surface area contributed by atoms with Gasteiger partial charge in [-0.15, -0.1) is 0 Å². The molecule has 7 nitrogen and oxygen atoms in total. The largest absolute Gasteiger partial charge is 0.497 e. The van der Waals surface area contributed by atoms with Gasteiger partial charge in [0, 0.05) is 28.8 Å². The first kappa shape index (κ1) is 27.7. The van der Waals surface area contributed by atoms with Crippen LogP contribution in [0.4, 0.5) is 0 Å². The highest BCUT2D eigenvalue weighted by atomic mass is 28.4. The van der Waals surface area contributed by atoms with Crippen molar-refractivity contribution in [3.05, 3.63) is 29.8 Å². The fourth-order valence-electron chi connectivity index (χ4n) is 6.40. The van der Waals surface area contributed by atoms with Crippen LogP contribution >= 0.6 is 0 Å². The molecule has 0 aromatic heterocycles. The van der Waals surface area contributed by atoms with Crippen molar-refractivity contribution < 1.29 is 32.6 Å². The molecule has 4 rings (SSSR count). The third-order valence-corrected chi connectivity index (χ3v) is 13.2. The predicted octanol–water partition coefficient (Wildman–Crippen LogP) is 5.19. The van der Waals surface area contributed by atoms with Crippen molar-refractivity contribution in [3.8, 4) is 5.75 Å². The first-order valence-corrected chi connectivity index (χ1v) is 15.0. The molecule has 8 heteroatoms. The molecular weight excluding hydrogens is 476 g/mol. The van der Waals surface area contributed by atoms with Crippen molar-refractivity contribution >= 4 is 14.8 Å². The van der Waals surface area contributed by atoms with E-state index in [0.29, 0.717) is 19.6 Å². The Morgan fingerprint density at radius 2 is 1.67 bits per heavy atom. The van der Waals surface area contributed by atoms with Crippen LogP contribution in [-0.4, -0.2) is 65.2 Å². The lowest BCUT2D eigenvalue weighted by molar-refractivity contribution is -0.281. The van der Waals surface area contributed by atoms with Crippen molar-refractivity contribution in [1.82, 2.24) is 0 Å². The molecule has 1 aromatic carbocycles. The van der Waals surface area contributed by atoms with Crippen LogP contribution in [0.25, 0.3) is 0 Å². The summed E-state index contributed by atoms with van der Waals surface area (Å²) in [5.74, 6) is 0.865. The third-order valence-electron chi connectivity index (χ3n) is 8.00. The molecule has 0 spiro atoms. The van der Waals surface area contributed by atoms with Gasteiger partial charge in [0.05, 0.1) is 50.8 Å². The summed E-state index contributed by atoms with van der Waals surface area (Å²) in [7, 11) is -0.944. The van der Waals surface area contributed by atoms with Gasteiger partial charge in [-0.1, -0.05) is 60.6 Å². The van der Waals surface area contributed by atoms with Gasteiger partial charge in [0.15, 0.2) is 0 Å². The van der Waals surface area contributed by atoms with Gasteiger partial charge < -0.3 is 32.6 Å². The second-order valence-corrected chi connectivity index (χ2v) is 17.3. The Kier molecular flexibility index (Phi) is 8.06. The number of fused-ring (bicyclic) bond motifs is 2. The Balaban J connectivity index is 1.49. The average molecular weight is 521 g/mol. The van der Waals surface area contributed by atoms with E-state index in [0.717, 1.165) is 24.0 Å². The van der Waals surface area contributed by atoms with E-state index in [1.165, 1.54) is 0 Å². The number of hydrogen-bond acceptors (Lipinski definition) is 7. The second-order valence-electron chi connectivity index (χ2n) is 12.6. The van der Waals surface area contributed by atoms with Gasteiger partial charge in [0.25, 0.3) is 0 Å². The lowest BCUT2D eigenvalue weighted by Crippen LogP contribution is -2.69. The van der Waals surface area contributed by atoms with Crippen molar-refractivity contribution in [2.24, 2.45) is 5.92 Å². The van der Waals surface area contributed by atoms with E-state index in [1.807, 2.05) is 24.3 Å². The highest BCUT2D eigenvalue weighted by Gasteiger charge is 2.63. The minimum atomic E-state index is -2.60. The molecule has 202 valence electrons. The van der Waals surface area contributed by atoms with Crippen molar-refractivity contribution in [1.29, 1.82) is 0 Å². The quantitative estimate of drug-likeness (QED) is 0.378. The molecule has 0 bridgehead atoms. The Morgan fingerprint density at radius 3 is 2.25 bits per heavy atom. The molecule has 0 aliphatic carbocycles. The number of carbonyl (C=O) groups excluding carboxylic acids is 1. The van der Waals surface area contributed by atoms with Crippen LogP contribution in [-0.2, 0) is 34.5 Å². The van der Waals surface area contributed by atoms with Crippen LogP contribution in [0.2, 0.25) is 10.1 Å². The molecule has 3 heterocycles. The normalized spacial score (nSPS) is 34.4. The van der Waals surface area contributed by atoms with E-state index in [9.17, 15) is 4.79 Å². The Bertz CT molecular complexity index is 877. The van der Waals surface area contributed by atoms with E-state index in [1.54, 1.807) is 7.11 Å². The fourth-order valence-corrected chi connectivity index (χ4v) is 11.4. The zero-order valence-corrected chi connectivity index (χ0v) is 24.1. The summed E-state index contributed by atoms with van der Waals surface area (Å²) in [4.78, 5) is 11.5. The number of benzene rings is 1. The molecule has 3 aliphatic rings. The van der Waals surface area contributed by atoms with Gasteiger partial charge in [0.2, 0.25) is 0 Å². The van der Waals surface area contributed by atoms with Gasteiger partial charge in [0.1, 0.15) is 18.1 Å². The first-order valence-electron chi connectivity index (χ1n) is 13.2. The number of carbonyl (C=O) groups is 1. The zero-order chi connectivity index (χ0) is 26.3. The summed E-state index contributed by atoms with van der Waals surface area (Å²) in [6.07, 6.45) is 0.903. The van der Waals surface area contributed by atoms with E-state index in [4.69, 9.17) is 27.8 Å². The molecule has 7 atom stereocenters. The fraction of sp³-hybridized carbons (Fsp3) is 0.750. The summed E-state index contributed by atoms with van der Waals surface area (Å²) >= 11 is 0. The number of aldehydes is 1. The van der Waals surface area contributed by atoms with Crippen molar-refractivity contribution in [2.75, 3.05) is 13.7 Å². The Hall–Kier alpha value is -1.29. The van der Waals surface area contributed by atoms with Crippen molar-refractivity contribution in [3.63, 3.8) is 0 Å². The van der Waals surface area contributed by atoms with Gasteiger partial charge >= 0.3 is 8.56 Å².